The molecule has 0 unspecified atom stereocenters. The van der Waals surface area contributed by atoms with Gasteiger partial charge in [-0.05, 0) is 26.0 Å². The first-order valence-corrected chi connectivity index (χ1v) is 10.2. The third kappa shape index (κ3) is 4.53. The Labute approximate surface area is 164 Å². The number of H-pyrrole nitrogens is 1. The number of rotatable bonds is 4. The largest absolute Gasteiger partial charge is 0.365 e. The van der Waals surface area contributed by atoms with E-state index < -0.39 is 0 Å². The summed E-state index contributed by atoms with van der Waals surface area (Å²) in [5.41, 5.74) is 2.93. The van der Waals surface area contributed by atoms with Gasteiger partial charge in [-0.1, -0.05) is 44.1 Å². The molecule has 3 rings (SSSR count). The van der Waals surface area contributed by atoms with Crippen molar-refractivity contribution in [2.24, 2.45) is 0 Å². The number of aromatic amines is 1. The average molecular weight is 395 g/mol. The number of piperazine rings is 1. The number of hydrogen-bond acceptors (Lipinski definition) is 5. The molecule has 1 atom stereocenters. The standard InChI is InChI=1S/C19H27ClN4OS/c1-12-10-23(11-13(2)25)6-7-24(12)17-9-16-15(8-14(17)20)21-18(22-16)26-19(3,4)5/h8-9,12H,6-7,10-11H2,1-5H3,(H,21,22)/t12-/m1/s1. The zero-order chi connectivity index (χ0) is 19.1. The molecule has 26 heavy (non-hydrogen) atoms. The summed E-state index contributed by atoms with van der Waals surface area (Å²) in [5, 5.41) is 1.65. The van der Waals surface area contributed by atoms with Crippen molar-refractivity contribution in [3.63, 3.8) is 0 Å². The molecule has 2 aromatic rings. The minimum atomic E-state index is 0.0993. The first kappa shape index (κ1) is 19.5. The van der Waals surface area contributed by atoms with Crippen molar-refractivity contribution < 1.29 is 4.79 Å². The quantitative estimate of drug-likeness (QED) is 0.787. The van der Waals surface area contributed by atoms with Crippen molar-refractivity contribution in [2.45, 2.75) is 50.6 Å². The van der Waals surface area contributed by atoms with Crippen LogP contribution in [0.2, 0.25) is 5.02 Å². The second kappa shape index (κ2) is 7.41. The molecule has 7 heteroatoms. The molecule has 0 saturated carbocycles. The van der Waals surface area contributed by atoms with Crippen LogP contribution in [0.4, 0.5) is 5.69 Å². The minimum Gasteiger partial charge on any atom is -0.365 e. The van der Waals surface area contributed by atoms with Gasteiger partial charge >= 0.3 is 0 Å². The van der Waals surface area contributed by atoms with Crippen LogP contribution in [0.25, 0.3) is 11.0 Å². The molecule has 2 heterocycles. The number of ketones is 1. The summed E-state index contributed by atoms with van der Waals surface area (Å²) >= 11 is 8.32. The Morgan fingerprint density at radius 3 is 2.73 bits per heavy atom. The number of Topliss-reactive ketones (excluding diaryl/α,β-unsaturated/α-hetero) is 1. The second-order valence-electron chi connectivity index (χ2n) is 8.06. The second-order valence-corrected chi connectivity index (χ2v) is 10.3. The maximum Gasteiger partial charge on any atom is 0.166 e. The first-order chi connectivity index (χ1) is 12.1. The van der Waals surface area contributed by atoms with E-state index in [2.05, 4.69) is 48.5 Å². The molecule has 0 spiro atoms. The van der Waals surface area contributed by atoms with Gasteiger partial charge in [-0.15, -0.1) is 0 Å². The number of nitrogens with one attached hydrogen (secondary N) is 1. The summed E-state index contributed by atoms with van der Waals surface area (Å²) in [6.07, 6.45) is 0. The third-order valence-corrected chi connectivity index (χ3v) is 5.70. The Bertz CT molecular complexity index is 814. The zero-order valence-corrected chi connectivity index (χ0v) is 17.7. The van der Waals surface area contributed by atoms with Gasteiger partial charge in [0.05, 0.1) is 28.3 Å². The molecular weight excluding hydrogens is 368 g/mol. The first-order valence-electron chi connectivity index (χ1n) is 8.99. The van der Waals surface area contributed by atoms with Crippen LogP contribution in [0.1, 0.15) is 34.6 Å². The fourth-order valence-corrected chi connectivity index (χ4v) is 4.56. The third-order valence-electron chi connectivity index (χ3n) is 4.40. The van der Waals surface area contributed by atoms with Gasteiger partial charge in [0.1, 0.15) is 5.78 Å². The van der Waals surface area contributed by atoms with Gasteiger partial charge in [0.15, 0.2) is 5.16 Å². The van der Waals surface area contributed by atoms with Crippen LogP contribution in [0.5, 0.6) is 0 Å². The van der Waals surface area contributed by atoms with E-state index >= 15 is 0 Å². The van der Waals surface area contributed by atoms with Gasteiger partial charge < -0.3 is 9.88 Å². The summed E-state index contributed by atoms with van der Waals surface area (Å²) < 4.78 is 0.0993. The van der Waals surface area contributed by atoms with Crippen molar-refractivity contribution in [3.8, 4) is 0 Å². The van der Waals surface area contributed by atoms with Crippen LogP contribution in [-0.2, 0) is 4.79 Å². The number of benzene rings is 1. The number of fused-ring (bicyclic) bond motifs is 1. The highest BCUT2D eigenvalue weighted by atomic mass is 35.5. The van der Waals surface area contributed by atoms with E-state index in [9.17, 15) is 4.79 Å². The van der Waals surface area contributed by atoms with Crippen molar-refractivity contribution in [1.82, 2.24) is 14.9 Å². The lowest BCUT2D eigenvalue weighted by molar-refractivity contribution is -0.118. The highest BCUT2D eigenvalue weighted by molar-refractivity contribution is 8.00. The van der Waals surface area contributed by atoms with Crippen LogP contribution in [0, 0.1) is 0 Å². The highest BCUT2D eigenvalue weighted by Crippen LogP contribution is 2.35. The molecule has 0 amide bonds. The van der Waals surface area contributed by atoms with Crippen LogP contribution < -0.4 is 4.90 Å². The van der Waals surface area contributed by atoms with Gasteiger partial charge in [-0.3, -0.25) is 9.69 Å². The number of halogens is 1. The van der Waals surface area contributed by atoms with E-state index in [-0.39, 0.29) is 10.5 Å². The Balaban J connectivity index is 1.84. The normalized spacial score (nSPS) is 19.3. The smallest absolute Gasteiger partial charge is 0.166 e. The Hall–Kier alpha value is -1.24. The predicted molar refractivity (Wildman–Crippen MR) is 111 cm³/mol. The van der Waals surface area contributed by atoms with E-state index in [1.54, 1.807) is 18.7 Å². The van der Waals surface area contributed by atoms with Gasteiger partial charge in [0.2, 0.25) is 0 Å². The number of carbonyl (C=O) groups excluding carboxylic acids is 1. The molecule has 1 aliphatic rings. The van der Waals surface area contributed by atoms with E-state index in [1.165, 1.54) is 0 Å². The van der Waals surface area contributed by atoms with Gasteiger partial charge in [0.25, 0.3) is 0 Å². The molecule has 1 fully saturated rings. The molecule has 1 aromatic heterocycles. The summed E-state index contributed by atoms with van der Waals surface area (Å²) in [6, 6.07) is 4.35. The minimum absolute atomic E-state index is 0.0993. The van der Waals surface area contributed by atoms with E-state index in [0.717, 1.165) is 46.5 Å². The SMILES string of the molecule is CC(=O)CN1CCN(c2cc3nc(SC(C)(C)C)[nH]c3cc2Cl)[C@H](C)C1. The van der Waals surface area contributed by atoms with E-state index in [4.69, 9.17) is 16.6 Å². The number of imidazole rings is 1. The molecule has 0 bridgehead atoms. The number of hydrogen-bond donors (Lipinski definition) is 1. The van der Waals surface area contributed by atoms with Gasteiger partial charge in [-0.25, -0.2) is 4.98 Å². The molecule has 0 radical (unpaired) electrons. The average Bonchev–Trinajstić information content (AvgIpc) is 2.85. The molecule has 5 nitrogen and oxygen atoms in total. The van der Waals surface area contributed by atoms with Crippen LogP contribution in [0.15, 0.2) is 17.3 Å². The molecule has 1 N–H and O–H groups in total. The zero-order valence-electron chi connectivity index (χ0n) is 16.1. The lowest BCUT2D eigenvalue weighted by atomic mass is 10.1. The number of anilines is 1. The summed E-state index contributed by atoms with van der Waals surface area (Å²) in [6.45, 7) is 13.4. The van der Waals surface area contributed by atoms with E-state index in [1.807, 2.05) is 6.07 Å². The number of carbonyl (C=O) groups is 1. The highest BCUT2D eigenvalue weighted by Gasteiger charge is 2.26. The predicted octanol–water partition coefficient (Wildman–Crippen LogP) is 4.21. The number of nitrogens with zero attached hydrogens (tertiary/aromatic N) is 3. The van der Waals surface area contributed by atoms with Crippen LogP contribution in [-0.4, -0.2) is 57.6 Å². The van der Waals surface area contributed by atoms with Gasteiger partial charge in [-0.2, -0.15) is 0 Å². The number of thioether (sulfide) groups is 1. The Morgan fingerprint density at radius 1 is 1.38 bits per heavy atom. The molecule has 142 valence electrons. The fraction of sp³-hybridized carbons (Fsp3) is 0.579. The lowest BCUT2D eigenvalue weighted by Gasteiger charge is -2.41. The summed E-state index contributed by atoms with van der Waals surface area (Å²) in [4.78, 5) is 24.0. The fourth-order valence-electron chi connectivity index (χ4n) is 3.40. The summed E-state index contributed by atoms with van der Waals surface area (Å²) in [5.74, 6) is 0.213. The maximum absolute atomic E-state index is 11.4. The van der Waals surface area contributed by atoms with Crippen molar-refractivity contribution in [1.29, 1.82) is 0 Å². The van der Waals surface area contributed by atoms with Crippen molar-refractivity contribution in [3.05, 3.63) is 17.2 Å². The molecular formula is C19H27ClN4OS. The Morgan fingerprint density at radius 2 is 2.12 bits per heavy atom. The van der Waals surface area contributed by atoms with Gasteiger partial charge in [0, 0.05) is 30.4 Å². The molecule has 1 saturated heterocycles. The maximum atomic E-state index is 11.4. The van der Waals surface area contributed by atoms with Crippen LogP contribution >= 0.6 is 23.4 Å². The summed E-state index contributed by atoms with van der Waals surface area (Å²) in [7, 11) is 0. The topological polar surface area (TPSA) is 52.2 Å². The van der Waals surface area contributed by atoms with Crippen LogP contribution in [0.3, 0.4) is 0 Å². The molecule has 0 aliphatic carbocycles. The Kier molecular flexibility index (Phi) is 5.56. The van der Waals surface area contributed by atoms with Crippen molar-refractivity contribution >= 4 is 45.9 Å². The molecule has 1 aliphatic heterocycles. The molecule has 1 aromatic carbocycles. The lowest BCUT2D eigenvalue weighted by Crippen LogP contribution is -2.53. The van der Waals surface area contributed by atoms with E-state index in [0.29, 0.717) is 12.6 Å². The van der Waals surface area contributed by atoms with Crippen molar-refractivity contribution in [2.75, 3.05) is 31.1 Å². The monoisotopic (exact) mass is 394 g/mol. The number of aromatic nitrogens is 2.